The largest absolute Gasteiger partial charge is 0.504 e. The number of hydrogen-bond acceptors (Lipinski definition) is 6. The van der Waals surface area contributed by atoms with Gasteiger partial charge in [0.1, 0.15) is 11.3 Å². The number of aryl methyl sites for hydroxylation is 1. The number of fused-ring (bicyclic) bond motifs is 1. The van der Waals surface area contributed by atoms with Crippen LogP contribution in [0.1, 0.15) is 10.5 Å². The highest BCUT2D eigenvalue weighted by atomic mass is 16.3. The number of pyridine rings is 2. The van der Waals surface area contributed by atoms with E-state index in [2.05, 4.69) is 15.3 Å². The SMILES string of the molecule is Cn1c(=O)c2ccc(C(=O)Nc3ncccc3O)nc2n(C)c1=O. The first-order valence-corrected chi connectivity index (χ1v) is 6.92. The molecule has 3 aromatic heterocycles. The third-order valence-corrected chi connectivity index (χ3v) is 3.55. The van der Waals surface area contributed by atoms with E-state index in [1.807, 2.05) is 0 Å². The zero-order chi connectivity index (χ0) is 17.4. The Labute approximate surface area is 134 Å². The fourth-order valence-electron chi connectivity index (χ4n) is 2.25. The number of nitrogens with zero attached hydrogens (tertiary/aromatic N) is 4. The average molecular weight is 327 g/mol. The van der Waals surface area contributed by atoms with Gasteiger partial charge in [0.25, 0.3) is 11.5 Å². The third kappa shape index (κ3) is 2.41. The second-order valence-electron chi connectivity index (χ2n) is 5.10. The molecule has 0 aliphatic rings. The highest BCUT2D eigenvalue weighted by Crippen LogP contribution is 2.19. The first-order chi connectivity index (χ1) is 11.4. The van der Waals surface area contributed by atoms with Crippen molar-refractivity contribution in [1.82, 2.24) is 19.1 Å². The molecule has 1 amide bonds. The van der Waals surface area contributed by atoms with Gasteiger partial charge in [0.05, 0.1) is 5.39 Å². The quantitative estimate of drug-likeness (QED) is 0.683. The van der Waals surface area contributed by atoms with Gasteiger partial charge in [-0.3, -0.25) is 18.7 Å². The van der Waals surface area contributed by atoms with Crippen molar-refractivity contribution in [2.45, 2.75) is 0 Å². The first-order valence-electron chi connectivity index (χ1n) is 6.92. The summed E-state index contributed by atoms with van der Waals surface area (Å²) in [6.45, 7) is 0. The van der Waals surface area contributed by atoms with Gasteiger partial charge in [-0.05, 0) is 24.3 Å². The van der Waals surface area contributed by atoms with E-state index in [-0.39, 0.29) is 28.3 Å². The Morgan fingerprint density at radius 2 is 1.92 bits per heavy atom. The van der Waals surface area contributed by atoms with Crippen LogP contribution in [0.3, 0.4) is 0 Å². The zero-order valence-electron chi connectivity index (χ0n) is 12.8. The molecule has 0 unspecified atom stereocenters. The molecule has 0 radical (unpaired) electrons. The molecular weight excluding hydrogens is 314 g/mol. The van der Waals surface area contributed by atoms with Crippen molar-refractivity contribution in [2.24, 2.45) is 14.1 Å². The lowest BCUT2D eigenvalue weighted by atomic mass is 10.2. The van der Waals surface area contributed by atoms with Crippen LogP contribution < -0.4 is 16.6 Å². The van der Waals surface area contributed by atoms with Crippen LogP contribution in [0.25, 0.3) is 11.0 Å². The molecule has 0 aliphatic heterocycles. The molecule has 9 nitrogen and oxygen atoms in total. The molecule has 0 atom stereocenters. The van der Waals surface area contributed by atoms with Gasteiger partial charge in [0, 0.05) is 20.3 Å². The Balaban J connectivity index is 2.08. The van der Waals surface area contributed by atoms with Gasteiger partial charge in [-0.1, -0.05) is 0 Å². The smallest absolute Gasteiger partial charge is 0.332 e. The predicted octanol–water partition coefficient (Wildman–Crippen LogP) is -0.0149. The van der Waals surface area contributed by atoms with Crippen LogP contribution in [0.2, 0.25) is 0 Å². The maximum atomic E-state index is 12.3. The summed E-state index contributed by atoms with van der Waals surface area (Å²) in [5.41, 5.74) is -0.952. The Hall–Kier alpha value is -3.49. The Morgan fingerprint density at radius 1 is 1.17 bits per heavy atom. The summed E-state index contributed by atoms with van der Waals surface area (Å²) in [5, 5.41) is 12.3. The van der Waals surface area contributed by atoms with Gasteiger partial charge in [-0.15, -0.1) is 0 Å². The fraction of sp³-hybridized carbons (Fsp3) is 0.133. The second kappa shape index (κ2) is 5.61. The van der Waals surface area contributed by atoms with Crippen molar-refractivity contribution in [3.05, 3.63) is 57.0 Å². The van der Waals surface area contributed by atoms with Crippen LogP contribution >= 0.6 is 0 Å². The summed E-state index contributed by atoms with van der Waals surface area (Å²) in [6, 6.07) is 5.69. The molecular formula is C15H13N5O4. The number of carbonyl (C=O) groups is 1. The number of hydrogen-bond donors (Lipinski definition) is 2. The lowest BCUT2D eigenvalue weighted by Crippen LogP contribution is -2.37. The van der Waals surface area contributed by atoms with E-state index >= 15 is 0 Å². The molecule has 0 spiro atoms. The van der Waals surface area contributed by atoms with E-state index in [1.165, 1.54) is 49.1 Å². The topological polar surface area (TPSA) is 119 Å². The monoisotopic (exact) mass is 327 g/mol. The summed E-state index contributed by atoms with van der Waals surface area (Å²) < 4.78 is 2.15. The van der Waals surface area contributed by atoms with Gasteiger partial charge >= 0.3 is 5.69 Å². The normalized spacial score (nSPS) is 10.8. The minimum Gasteiger partial charge on any atom is -0.504 e. The van der Waals surface area contributed by atoms with Crippen LogP contribution in [0.5, 0.6) is 5.75 Å². The van der Waals surface area contributed by atoms with Crippen molar-refractivity contribution in [3.63, 3.8) is 0 Å². The molecule has 9 heteroatoms. The number of amides is 1. The van der Waals surface area contributed by atoms with Crippen molar-refractivity contribution >= 4 is 22.8 Å². The molecule has 122 valence electrons. The van der Waals surface area contributed by atoms with E-state index in [0.29, 0.717) is 0 Å². The summed E-state index contributed by atoms with van der Waals surface area (Å²) in [4.78, 5) is 44.2. The van der Waals surface area contributed by atoms with Crippen molar-refractivity contribution in [3.8, 4) is 5.75 Å². The predicted molar refractivity (Wildman–Crippen MR) is 86.1 cm³/mol. The van der Waals surface area contributed by atoms with E-state index < -0.39 is 17.2 Å². The highest BCUT2D eigenvalue weighted by Gasteiger charge is 2.15. The number of aromatic nitrogens is 4. The molecule has 0 saturated carbocycles. The molecule has 0 aromatic carbocycles. The van der Waals surface area contributed by atoms with Crippen LogP contribution in [0, 0.1) is 0 Å². The Bertz CT molecular complexity index is 1080. The minimum absolute atomic E-state index is 0.0118. The zero-order valence-corrected chi connectivity index (χ0v) is 12.8. The molecule has 0 saturated heterocycles. The van der Waals surface area contributed by atoms with Crippen LogP contribution in [-0.2, 0) is 14.1 Å². The number of nitrogens with one attached hydrogen (secondary N) is 1. The lowest BCUT2D eigenvalue weighted by Gasteiger charge is -2.09. The highest BCUT2D eigenvalue weighted by molar-refractivity contribution is 6.03. The maximum absolute atomic E-state index is 12.3. The molecule has 2 N–H and O–H groups in total. The van der Waals surface area contributed by atoms with Crippen molar-refractivity contribution in [1.29, 1.82) is 0 Å². The van der Waals surface area contributed by atoms with Gasteiger partial charge in [0.15, 0.2) is 11.6 Å². The minimum atomic E-state index is -0.626. The fourth-order valence-corrected chi connectivity index (χ4v) is 2.25. The number of aromatic hydroxyl groups is 1. The molecule has 24 heavy (non-hydrogen) atoms. The summed E-state index contributed by atoms with van der Waals surface area (Å²) in [5.74, 6) is -0.825. The molecule has 0 aliphatic carbocycles. The number of carbonyl (C=O) groups excluding carboxylic acids is 1. The van der Waals surface area contributed by atoms with Crippen molar-refractivity contribution in [2.75, 3.05) is 5.32 Å². The summed E-state index contributed by atoms with van der Waals surface area (Å²) in [7, 11) is 2.83. The number of anilines is 1. The van der Waals surface area contributed by atoms with Crippen LogP contribution in [0.4, 0.5) is 5.82 Å². The summed E-state index contributed by atoms with van der Waals surface area (Å²) in [6.07, 6.45) is 1.41. The first kappa shape index (κ1) is 15.4. The second-order valence-corrected chi connectivity index (χ2v) is 5.10. The Kier molecular flexibility index (Phi) is 3.60. The Morgan fingerprint density at radius 3 is 2.62 bits per heavy atom. The van der Waals surface area contributed by atoms with E-state index in [9.17, 15) is 19.5 Å². The van der Waals surface area contributed by atoms with Crippen LogP contribution in [-0.4, -0.2) is 30.1 Å². The third-order valence-electron chi connectivity index (χ3n) is 3.55. The standard InChI is InChI=1S/C15H13N5O4/c1-19-12-8(14(23)20(2)15(19)24)5-6-9(17-12)13(22)18-11-10(21)4-3-7-16-11/h3-7,21H,1-2H3,(H,16,18,22). The molecule has 0 fully saturated rings. The average Bonchev–Trinajstić information content (AvgIpc) is 2.59. The maximum Gasteiger partial charge on any atom is 0.332 e. The number of rotatable bonds is 2. The van der Waals surface area contributed by atoms with E-state index in [4.69, 9.17) is 0 Å². The molecule has 3 aromatic rings. The summed E-state index contributed by atoms with van der Waals surface area (Å²) >= 11 is 0. The van der Waals surface area contributed by atoms with Crippen LogP contribution in [0.15, 0.2) is 40.1 Å². The molecule has 0 bridgehead atoms. The molecule has 3 heterocycles. The van der Waals surface area contributed by atoms with Gasteiger partial charge < -0.3 is 10.4 Å². The van der Waals surface area contributed by atoms with E-state index in [0.717, 1.165) is 4.57 Å². The van der Waals surface area contributed by atoms with Gasteiger partial charge in [0.2, 0.25) is 0 Å². The van der Waals surface area contributed by atoms with Crippen molar-refractivity contribution < 1.29 is 9.90 Å². The molecule has 3 rings (SSSR count). The lowest BCUT2D eigenvalue weighted by molar-refractivity contribution is 0.102. The van der Waals surface area contributed by atoms with E-state index in [1.54, 1.807) is 0 Å². The van der Waals surface area contributed by atoms with Gasteiger partial charge in [-0.2, -0.15) is 0 Å². The van der Waals surface area contributed by atoms with Gasteiger partial charge in [-0.25, -0.2) is 14.8 Å².